The number of carbonyl (C=O) groups is 1. The fourth-order valence-corrected chi connectivity index (χ4v) is 2.02. The van der Waals surface area contributed by atoms with Crippen molar-refractivity contribution < 1.29 is 19.0 Å². The lowest BCUT2D eigenvalue weighted by Crippen LogP contribution is -2.29. The molecule has 0 aliphatic rings. The number of aromatic nitrogens is 1. The second-order valence-corrected chi connectivity index (χ2v) is 4.62. The second-order valence-electron chi connectivity index (χ2n) is 4.62. The van der Waals surface area contributed by atoms with Gasteiger partial charge >= 0.3 is 0 Å². The maximum absolute atomic E-state index is 13.5. The molecule has 5 nitrogen and oxygen atoms in total. The van der Waals surface area contributed by atoms with Gasteiger partial charge in [-0.15, -0.1) is 0 Å². The average molecular weight is 292 g/mol. The van der Waals surface area contributed by atoms with Crippen LogP contribution >= 0.6 is 0 Å². The first-order valence-corrected chi connectivity index (χ1v) is 6.44. The van der Waals surface area contributed by atoms with Gasteiger partial charge in [0.25, 0.3) is 5.91 Å². The Kier molecular flexibility index (Phi) is 4.59. The molecule has 0 radical (unpaired) electrons. The van der Waals surface area contributed by atoms with Gasteiger partial charge in [0.1, 0.15) is 6.10 Å². The quantitative estimate of drug-likeness (QED) is 0.880. The van der Waals surface area contributed by atoms with Gasteiger partial charge in [-0.05, 0) is 30.3 Å². The van der Waals surface area contributed by atoms with Crippen LogP contribution in [-0.2, 0) is 7.05 Å². The third-order valence-electron chi connectivity index (χ3n) is 3.20. The van der Waals surface area contributed by atoms with Gasteiger partial charge in [-0.3, -0.25) is 4.79 Å². The van der Waals surface area contributed by atoms with Crippen molar-refractivity contribution in [3.05, 3.63) is 53.6 Å². The largest absolute Gasteiger partial charge is 0.494 e. The zero-order valence-corrected chi connectivity index (χ0v) is 11.8. The minimum Gasteiger partial charge on any atom is -0.494 e. The molecule has 0 fully saturated rings. The lowest BCUT2D eigenvalue weighted by atomic mass is 10.2. The van der Waals surface area contributed by atoms with Gasteiger partial charge in [0.15, 0.2) is 11.6 Å². The number of rotatable bonds is 5. The zero-order valence-electron chi connectivity index (χ0n) is 11.8. The molecule has 1 aromatic carbocycles. The molecule has 21 heavy (non-hydrogen) atoms. The van der Waals surface area contributed by atoms with Gasteiger partial charge in [0, 0.05) is 31.0 Å². The summed E-state index contributed by atoms with van der Waals surface area (Å²) < 4.78 is 20.1. The van der Waals surface area contributed by atoms with Gasteiger partial charge in [-0.2, -0.15) is 0 Å². The fourth-order valence-electron chi connectivity index (χ4n) is 2.02. The number of aryl methyl sites for hydroxylation is 1. The molecule has 2 aromatic rings. The first-order chi connectivity index (χ1) is 10.0. The van der Waals surface area contributed by atoms with Gasteiger partial charge in [-0.1, -0.05) is 0 Å². The summed E-state index contributed by atoms with van der Waals surface area (Å²) in [6.45, 7) is 0.0460. The number of nitrogens with zero attached hydrogens (tertiary/aromatic N) is 1. The van der Waals surface area contributed by atoms with E-state index >= 15 is 0 Å². The van der Waals surface area contributed by atoms with Gasteiger partial charge < -0.3 is 19.7 Å². The standard InChI is InChI=1S/C15H17FN2O3/c1-18-7-3-4-12(18)13(19)9-17-15(20)10-5-6-14(21-2)11(16)8-10/h3-8,13,19H,9H2,1-2H3,(H,17,20)/t13-/m1/s1. The Bertz CT molecular complexity index is 640. The van der Waals surface area contributed by atoms with E-state index in [4.69, 9.17) is 4.74 Å². The van der Waals surface area contributed by atoms with Crippen molar-refractivity contribution in [3.63, 3.8) is 0 Å². The minimum atomic E-state index is -0.822. The molecule has 0 bridgehead atoms. The van der Waals surface area contributed by atoms with E-state index in [1.165, 1.54) is 19.2 Å². The molecule has 1 atom stereocenters. The highest BCUT2D eigenvalue weighted by atomic mass is 19.1. The maximum Gasteiger partial charge on any atom is 0.251 e. The highest BCUT2D eigenvalue weighted by molar-refractivity contribution is 5.94. The maximum atomic E-state index is 13.5. The molecule has 1 amide bonds. The molecule has 0 aliphatic carbocycles. The van der Waals surface area contributed by atoms with Crippen molar-refractivity contribution in [2.75, 3.05) is 13.7 Å². The Morgan fingerprint density at radius 3 is 2.81 bits per heavy atom. The molecule has 2 rings (SSSR count). The van der Waals surface area contributed by atoms with Crippen molar-refractivity contribution in [1.82, 2.24) is 9.88 Å². The van der Waals surface area contributed by atoms with Crippen LogP contribution in [0.25, 0.3) is 0 Å². The zero-order chi connectivity index (χ0) is 15.4. The van der Waals surface area contributed by atoms with Gasteiger partial charge in [-0.25, -0.2) is 4.39 Å². The number of carbonyl (C=O) groups excluding carboxylic acids is 1. The summed E-state index contributed by atoms with van der Waals surface area (Å²) >= 11 is 0. The molecule has 0 unspecified atom stereocenters. The Labute approximate surface area is 122 Å². The van der Waals surface area contributed by atoms with Crippen molar-refractivity contribution in [2.24, 2.45) is 7.05 Å². The Hall–Kier alpha value is -2.34. The van der Waals surface area contributed by atoms with Crippen LogP contribution in [0.3, 0.4) is 0 Å². The van der Waals surface area contributed by atoms with E-state index in [0.29, 0.717) is 5.69 Å². The fraction of sp³-hybridized carbons (Fsp3) is 0.267. The van der Waals surface area contributed by atoms with Crippen LogP contribution in [-0.4, -0.2) is 29.2 Å². The summed E-state index contributed by atoms with van der Waals surface area (Å²) in [7, 11) is 3.16. The van der Waals surface area contributed by atoms with Gasteiger partial charge in [0.2, 0.25) is 0 Å². The molecule has 0 spiro atoms. The Morgan fingerprint density at radius 2 is 2.24 bits per heavy atom. The van der Waals surface area contributed by atoms with Crippen LogP contribution in [0.1, 0.15) is 22.2 Å². The molecule has 6 heteroatoms. The number of hydrogen-bond acceptors (Lipinski definition) is 3. The number of ether oxygens (including phenoxy) is 1. The predicted octanol–water partition coefficient (Wildman–Crippen LogP) is 1.64. The number of aliphatic hydroxyl groups is 1. The Morgan fingerprint density at radius 1 is 1.48 bits per heavy atom. The molecule has 0 saturated carbocycles. The topological polar surface area (TPSA) is 63.5 Å². The summed E-state index contributed by atoms with van der Waals surface area (Å²) in [6.07, 6.45) is 0.983. The number of nitrogens with one attached hydrogen (secondary N) is 1. The van der Waals surface area contributed by atoms with Crippen molar-refractivity contribution in [1.29, 1.82) is 0 Å². The third-order valence-corrected chi connectivity index (χ3v) is 3.20. The first kappa shape index (κ1) is 15.1. The monoisotopic (exact) mass is 292 g/mol. The molecular formula is C15H17FN2O3. The second kappa shape index (κ2) is 6.41. The average Bonchev–Trinajstić information content (AvgIpc) is 2.90. The molecule has 2 N–H and O–H groups in total. The number of methoxy groups -OCH3 is 1. The third kappa shape index (κ3) is 3.41. The lowest BCUT2D eigenvalue weighted by Gasteiger charge is -2.13. The molecular weight excluding hydrogens is 275 g/mol. The van der Waals surface area contributed by atoms with E-state index in [9.17, 15) is 14.3 Å². The Balaban J connectivity index is 1.99. The molecule has 112 valence electrons. The van der Waals surface area contributed by atoms with Crippen LogP contribution in [0.5, 0.6) is 5.75 Å². The van der Waals surface area contributed by atoms with E-state index in [-0.39, 0.29) is 17.9 Å². The summed E-state index contributed by atoms with van der Waals surface area (Å²) in [4.78, 5) is 11.9. The van der Waals surface area contributed by atoms with Gasteiger partial charge in [0.05, 0.1) is 7.11 Å². The van der Waals surface area contributed by atoms with Crippen LogP contribution in [0, 0.1) is 5.82 Å². The SMILES string of the molecule is COc1ccc(C(=O)NC[C@@H](O)c2cccn2C)cc1F. The normalized spacial score (nSPS) is 12.0. The molecule has 0 saturated heterocycles. The van der Waals surface area contributed by atoms with Crippen LogP contribution in [0.4, 0.5) is 4.39 Å². The summed E-state index contributed by atoms with van der Waals surface area (Å²) in [6, 6.07) is 7.52. The molecule has 1 heterocycles. The van der Waals surface area contributed by atoms with Crippen molar-refractivity contribution >= 4 is 5.91 Å². The molecule has 0 aliphatic heterocycles. The van der Waals surface area contributed by atoms with E-state index in [0.717, 1.165) is 6.07 Å². The van der Waals surface area contributed by atoms with E-state index in [1.54, 1.807) is 29.9 Å². The minimum absolute atomic E-state index is 0.0460. The summed E-state index contributed by atoms with van der Waals surface area (Å²) in [5, 5.41) is 12.6. The van der Waals surface area contributed by atoms with Crippen LogP contribution < -0.4 is 10.1 Å². The number of aliphatic hydroxyl groups excluding tert-OH is 1. The molecule has 1 aromatic heterocycles. The predicted molar refractivity (Wildman–Crippen MR) is 75.7 cm³/mol. The van der Waals surface area contributed by atoms with Crippen LogP contribution in [0.15, 0.2) is 36.5 Å². The van der Waals surface area contributed by atoms with E-state index in [1.807, 2.05) is 0 Å². The lowest BCUT2D eigenvalue weighted by molar-refractivity contribution is 0.0912. The number of hydrogen-bond donors (Lipinski definition) is 2. The summed E-state index contributed by atoms with van der Waals surface area (Å²) in [5.41, 5.74) is 0.864. The first-order valence-electron chi connectivity index (χ1n) is 6.44. The highest BCUT2D eigenvalue weighted by Gasteiger charge is 2.14. The van der Waals surface area contributed by atoms with Crippen LogP contribution in [0.2, 0.25) is 0 Å². The smallest absolute Gasteiger partial charge is 0.251 e. The number of benzene rings is 1. The van der Waals surface area contributed by atoms with Crippen molar-refractivity contribution in [2.45, 2.75) is 6.10 Å². The highest BCUT2D eigenvalue weighted by Crippen LogP contribution is 2.18. The number of halogens is 1. The van der Waals surface area contributed by atoms with E-state index in [2.05, 4.69) is 5.32 Å². The van der Waals surface area contributed by atoms with Crippen molar-refractivity contribution in [3.8, 4) is 5.75 Å². The van der Waals surface area contributed by atoms with E-state index < -0.39 is 17.8 Å². The number of amides is 1. The summed E-state index contributed by atoms with van der Waals surface area (Å²) in [5.74, 6) is -0.978.